The first-order valence-electron chi connectivity index (χ1n) is 8.02. The summed E-state index contributed by atoms with van der Waals surface area (Å²) < 4.78 is 1.90. The van der Waals surface area contributed by atoms with Crippen LogP contribution in [0.1, 0.15) is 37.4 Å². The van der Waals surface area contributed by atoms with Crippen molar-refractivity contribution in [3.63, 3.8) is 0 Å². The predicted molar refractivity (Wildman–Crippen MR) is 88.0 cm³/mol. The lowest BCUT2D eigenvalue weighted by molar-refractivity contribution is 0.262. The topological polar surface area (TPSA) is 21.1 Å². The molecule has 1 aliphatic heterocycles. The third-order valence-electron chi connectivity index (χ3n) is 4.37. The van der Waals surface area contributed by atoms with Crippen LogP contribution in [0.15, 0.2) is 36.1 Å². The van der Waals surface area contributed by atoms with Gasteiger partial charge in [-0.2, -0.15) is 5.10 Å². The Bertz CT molecular complexity index is 604. The average Bonchev–Trinajstić information content (AvgIpc) is 2.65. The summed E-state index contributed by atoms with van der Waals surface area (Å²) in [4.78, 5) is 2.59. The number of aromatic nitrogens is 2. The number of aryl methyl sites for hydroxylation is 2. The molecule has 1 aromatic rings. The fraction of sp³-hybridized carbons (Fsp3) is 0.500. The van der Waals surface area contributed by atoms with Gasteiger partial charge in [-0.15, -0.1) is 0 Å². The van der Waals surface area contributed by atoms with Crippen LogP contribution in [-0.4, -0.2) is 33.8 Å². The SMILES string of the molecule is CCCN1CCCC2=CC1C=CC(c1cn(C)nc1C)=C2. The largest absolute Gasteiger partial charge is 0.293 e. The number of hydrogen-bond acceptors (Lipinski definition) is 2. The molecule has 2 heterocycles. The Morgan fingerprint density at radius 3 is 2.95 bits per heavy atom. The standard InChI is InChI=1S/C18H25N3/c1-4-9-21-10-5-6-15-11-16(7-8-17(21)12-15)18-13-20(3)19-14(18)2/h7-8,11-13,17H,4-6,9-10H2,1-3H3. The fourth-order valence-corrected chi connectivity index (χ4v) is 3.39. The van der Waals surface area contributed by atoms with Gasteiger partial charge in [0.15, 0.2) is 0 Å². The molecule has 1 unspecified atom stereocenters. The molecule has 1 aliphatic carbocycles. The minimum Gasteiger partial charge on any atom is -0.293 e. The molecule has 0 N–H and O–H groups in total. The molecule has 2 bridgehead atoms. The fourth-order valence-electron chi connectivity index (χ4n) is 3.39. The van der Waals surface area contributed by atoms with Crippen molar-refractivity contribution in [1.29, 1.82) is 0 Å². The van der Waals surface area contributed by atoms with E-state index < -0.39 is 0 Å². The number of fused-ring (bicyclic) bond motifs is 1. The molecule has 0 amide bonds. The summed E-state index contributed by atoms with van der Waals surface area (Å²) in [5, 5.41) is 4.48. The monoisotopic (exact) mass is 283 g/mol. The van der Waals surface area contributed by atoms with Gasteiger partial charge in [-0.05, 0) is 50.4 Å². The highest BCUT2D eigenvalue weighted by Crippen LogP contribution is 2.28. The molecule has 3 rings (SSSR count). The van der Waals surface area contributed by atoms with Crippen LogP contribution in [0.5, 0.6) is 0 Å². The molecule has 2 aliphatic rings. The second-order valence-corrected chi connectivity index (χ2v) is 6.13. The van der Waals surface area contributed by atoms with Gasteiger partial charge < -0.3 is 0 Å². The summed E-state index contributed by atoms with van der Waals surface area (Å²) in [5.41, 5.74) is 5.13. The third-order valence-corrected chi connectivity index (χ3v) is 4.37. The molecule has 0 radical (unpaired) electrons. The molecule has 21 heavy (non-hydrogen) atoms. The normalized spacial score (nSPS) is 22.5. The molecule has 1 atom stereocenters. The molecule has 0 aromatic carbocycles. The summed E-state index contributed by atoms with van der Waals surface area (Å²) in [6.07, 6.45) is 15.2. The number of allylic oxidation sites excluding steroid dienone is 4. The van der Waals surface area contributed by atoms with Crippen molar-refractivity contribution in [2.24, 2.45) is 7.05 Å². The summed E-state index contributed by atoms with van der Waals surface area (Å²) in [7, 11) is 1.99. The second-order valence-electron chi connectivity index (χ2n) is 6.13. The van der Waals surface area contributed by atoms with E-state index >= 15 is 0 Å². The van der Waals surface area contributed by atoms with E-state index in [4.69, 9.17) is 0 Å². The Morgan fingerprint density at radius 1 is 1.38 bits per heavy atom. The van der Waals surface area contributed by atoms with E-state index in [9.17, 15) is 0 Å². The van der Waals surface area contributed by atoms with E-state index in [0.29, 0.717) is 6.04 Å². The maximum absolute atomic E-state index is 4.48. The van der Waals surface area contributed by atoms with Crippen molar-refractivity contribution >= 4 is 5.57 Å². The Morgan fingerprint density at radius 2 is 2.24 bits per heavy atom. The van der Waals surface area contributed by atoms with Crippen LogP contribution in [-0.2, 0) is 7.05 Å². The first kappa shape index (κ1) is 14.3. The highest BCUT2D eigenvalue weighted by Gasteiger charge is 2.20. The highest BCUT2D eigenvalue weighted by molar-refractivity contribution is 5.78. The molecule has 0 fully saturated rings. The minimum absolute atomic E-state index is 0.452. The summed E-state index contributed by atoms with van der Waals surface area (Å²) in [6, 6.07) is 0.452. The Balaban J connectivity index is 1.93. The first-order valence-corrected chi connectivity index (χ1v) is 8.02. The van der Waals surface area contributed by atoms with Gasteiger partial charge in [0.1, 0.15) is 0 Å². The van der Waals surface area contributed by atoms with Crippen LogP contribution < -0.4 is 0 Å². The third kappa shape index (κ3) is 3.03. The van der Waals surface area contributed by atoms with Gasteiger partial charge >= 0.3 is 0 Å². The maximum atomic E-state index is 4.48. The Hall–Kier alpha value is -1.61. The second kappa shape index (κ2) is 6.02. The van der Waals surface area contributed by atoms with Crippen molar-refractivity contribution in [2.45, 2.75) is 39.2 Å². The van der Waals surface area contributed by atoms with Gasteiger partial charge in [0.2, 0.25) is 0 Å². The minimum atomic E-state index is 0.452. The molecule has 0 saturated heterocycles. The van der Waals surface area contributed by atoms with E-state index in [0.717, 1.165) is 5.69 Å². The zero-order chi connectivity index (χ0) is 14.8. The van der Waals surface area contributed by atoms with Crippen molar-refractivity contribution in [3.8, 4) is 0 Å². The zero-order valence-electron chi connectivity index (χ0n) is 13.3. The zero-order valence-corrected chi connectivity index (χ0v) is 13.3. The van der Waals surface area contributed by atoms with Crippen LogP contribution in [0.3, 0.4) is 0 Å². The van der Waals surface area contributed by atoms with Crippen molar-refractivity contribution in [3.05, 3.63) is 47.3 Å². The smallest absolute Gasteiger partial charge is 0.0671 e. The van der Waals surface area contributed by atoms with Gasteiger partial charge in [0.25, 0.3) is 0 Å². The van der Waals surface area contributed by atoms with Crippen LogP contribution in [0.25, 0.3) is 5.57 Å². The number of nitrogens with zero attached hydrogens (tertiary/aromatic N) is 3. The molecule has 1 aromatic heterocycles. The van der Waals surface area contributed by atoms with Gasteiger partial charge in [-0.1, -0.05) is 31.2 Å². The summed E-state index contributed by atoms with van der Waals surface area (Å²) in [5.74, 6) is 0. The van der Waals surface area contributed by atoms with Gasteiger partial charge in [0.05, 0.1) is 5.69 Å². The number of hydrogen-bond donors (Lipinski definition) is 0. The highest BCUT2D eigenvalue weighted by atomic mass is 15.2. The molecular formula is C18H25N3. The van der Waals surface area contributed by atoms with E-state index in [2.05, 4.69) is 54.3 Å². The van der Waals surface area contributed by atoms with Crippen molar-refractivity contribution in [2.75, 3.05) is 13.1 Å². The predicted octanol–water partition coefficient (Wildman–Crippen LogP) is 3.48. The lowest BCUT2D eigenvalue weighted by Gasteiger charge is -2.25. The van der Waals surface area contributed by atoms with E-state index in [1.807, 2.05) is 11.7 Å². The van der Waals surface area contributed by atoms with Crippen LogP contribution in [0.2, 0.25) is 0 Å². The van der Waals surface area contributed by atoms with Gasteiger partial charge in [-0.25, -0.2) is 0 Å². The van der Waals surface area contributed by atoms with Crippen LogP contribution in [0, 0.1) is 6.92 Å². The first-order chi connectivity index (χ1) is 10.2. The van der Waals surface area contributed by atoms with Gasteiger partial charge in [0, 0.05) is 24.8 Å². The van der Waals surface area contributed by atoms with Crippen molar-refractivity contribution < 1.29 is 0 Å². The maximum Gasteiger partial charge on any atom is 0.0671 e. The van der Waals surface area contributed by atoms with Crippen LogP contribution in [0.4, 0.5) is 0 Å². The van der Waals surface area contributed by atoms with E-state index in [1.165, 1.54) is 49.1 Å². The average molecular weight is 283 g/mol. The molecule has 3 heteroatoms. The van der Waals surface area contributed by atoms with Crippen LogP contribution >= 0.6 is 0 Å². The van der Waals surface area contributed by atoms with Gasteiger partial charge in [-0.3, -0.25) is 9.58 Å². The molecule has 0 saturated carbocycles. The molecule has 3 nitrogen and oxygen atoms in total. The Kier molecular flexibility index (Phi) is 4.11. The summed E-state index contributed by atoms with van der Waals surface area (Å²) >= 11 is 0. The summed E-state index contributed by atoms with van der Waals surface area (Å²) in [6.45, 7) is 6.74. The molecular weight excluding hydrogens is 258 g/mol. The lowest BCUT2D eigenvalue weighted by Crippen LogP contribution is -2.33. The molecule has 112 valence electrons. The van der Waals surface area contributed by atoms with E-state index in [1.54, 1.807) is 0 Å². The lowest BCUT2D eigenvalue weighted by atomic mass is 10.0. The quantitative estimate of drug-likeness (QED) is 0.847. The molecule has 0 spiro atoms. The van der Waals surface area contributed by atoms with E-state index in [-0.39, 0.29) is 0 Å². The Labute approximate surface area is 127 Å². The van der Waals surface area contributed by atoms with Crippen molar-refractivity contribution in [1.82, 2.24) is 14.7 Å². The number of rotatable bonds is 3.